The van der Waals surface area contributed by atoms with Gasteiger partial charge >= 0.3 is 11.9 Å². The van der Waals surface area contributed by atoms with Gasteiger partial charge in [-0.05, 0) is 51.4 Å². The molecule has 214 valence electrons. The predicted octanol–water partition coefficient (Wildman–Crippen LogP) is -1.57. The second-order valence-corrected chi connectivity index (χ2v) is 9.66. The molecule has 4 heterocycles. The number of carboxylic acids is 2. The van der Waals surface area contributed by atoms with Gasteiger partial charge < -0.3 is 40.9 Å². The van der Waals surface area contributed by atoms with E-state index in [9.17, 15) is 28.8 Å². The van der Waals surface area contributed by atoms with Crippen LogP contribution < -0.4 is 10.6 Å². The molecule has 0 unspecified atom stereocenters. The molecule has 0 saturated carbocycles. The van der Waals surface area contributed by atoms with E-state index in [2.05, 4.69) is 10.6 Å². The highest BCUT2D eigenvalue weighted by molar-refractivity contribution is 5.91. The molecule has 0 radical (unpaired) electrons. The number of carboxylic acid groups (broad SMARTS) is 2. The van der Waals surface area contributed by atoms with E-state index in [1.54, 1.807) is 0 Å². The quantitative estimate of drug-likeness (QED) is 0.235. The van der Waals surface area contributed by atoms with Crippen LogP contribution in [0.15, 0.2) is 0 Å². The van der Waals surface area contributed by atoms with Gasteiger partial charge in [0.25, 0.3) is 0 Å². The molecule has 14 nitrogen and oxygen atoms in total. The summed E-state index contributed by atoms with van der Waals surface area (Å²) in [5.41, 5.74) is 0. The number of nitrogens with one attached hydrogen (secondary N) is 2. The van der Waals surface area contributed by atoms with Crippen molar-refractivity contribution in [3.05, 3.63) is 0 Å². The number of aliphatic hydroxyl groups excluding tert-OH is 2. The number of aliphatic carboxylic acids is 2. The highest BCUT2D eigenvalue weighted by Crippen LogP contribution is 2.15. The summed E-state index contributed by atoms with van der Waals surface area (Å²) < 4.78 is 0. The van der Waals surface area contributed by atoms with E-state index in [1.165, 1.54) is 12.8 Å². The zero-order chi connectivity index (χ0) is 28.2. The van der Waals surface area contributed by atoms with Crippen LogP contribution in [-0.2, 0) is 28.8 Å². The molecule has 4 atom stereocenters. The second-order valence-electron chi connectivity index (χ2n) is 9.66. The van der Waals surface area contributed by atoms with E-state index < -0.39 is 24.1 Å². The monoisotopic (exact) mass is 542 g/mol. The molecule has 0 aromatic heterocycles. The summed E-state index contributed by atoms with van der Waals surface area (Å²) in [5, 5.41) is 38.0. The Morgan fingerprint density at radius 1 is 0.632 bits per heavy atom. The van der Waals surface area contributed by atoms with Crippen molar-refractivity contribution in [2.45, 2.75) is 88.5 Å². The molecular formula is C24H38N4O10. The van der Waals surface area contributed by atoms with Crippen molar-refractivity contribution in [2.75, 3.05) is 26.2 Å². The Morgan fingerprint density at radius 2 is 0.947 bits per heavy atom. The largest absolute Gasteiger partial charge is 0.479 e. The second kappa shape index (κ2) is 15.2. The molecular weight excluding hydrogens is 504 g/mol. The van der Waals surface area contributed by atoms with Crippen molar-refractivity contribution in [1.82, 2.24) is 20.4 Å². The van der Waals surface area contributed by atoms with Crippen LogP contribution in [-0.4, -0.2) is 116 Å². The number of hydrogen-bond acceptors (Lipinski definition) is 8. The van der Waals surface area contributed by atoms with Gasteiger partial charge in [-0.2, -0.15) is 0 Å². The van der Waals surface area contributed by atoms with Crippen molar-refractivity contribution in [2.24, 2.45) is 0 Å². The third-order valence-corrected chi connectivity index (χ3v) is 6.73. The molecule has 6 N–H and O–H groups in total. The molecule has 4 aliphatic heterocycles. The van der Waals surface area contributed by atoms with E-state index in [-0.39, 0.29) is 35.7 Å². The van der Waals surface area contributed by atoms with Gasteiger partial charge in [0.05, 0.1) is 0 Å². The Morgan fingerprint density at radius 3 is 1.18 bits per heavy atom. The highest BCUT2D eigenvalue weighted by Gasteiger charge is 2.32. The normalized spacial score (nSPS) is 24.5. The fourth-order valence-electron chi connectivity index (χ4n) is 4.54. The summed E-state index contributed by atoms with van der Waals surface area (Å²) in [5.74, 6) is -3.27. The summed E-state index contributed by atoms with van der Waals surface area (Å²) in [4.78, 5) is 69.0. The SMILES string of the molecule is O=C(O)[C@@H](O)[C@H](O)C(=O)O.O=C1CC[C@H](C(=O)N2CCCCC2)N1.O=C1CC[C@H](C(=O)N2CCCCC2)N1. The first-order valence-corrected chi connectivity index (χ1v) is 13.0. The molecule has 38 heavy (non-hydrogen) atoms. The maximum atomic E-state index is 11.9. The Bertz CT molecular complexity index is 800. The minimum Gasteiger partial charge on any atom is -0.479 e. The van der Waals surface area contributed by atoms with Gasteiger partial charge in [-0.1, -0.05) is 0 Å². The zero-order valence-electron chi connectivity index (χ0n) is 21.3. The van der Waals surface area contributed by atoms with Crippen LogP contribution >= 0.6 is 0 Å². The minimum absolute atomic E-state index is 0.0142. The number of rotatable bonds is 5. The summed E-state index contributed by atoms with van der Waals surface area (Å²) >= 11 is 0. The van der Waals surface area contributed by atoms with Crippen LogP contribution in [0.25, 0.3) is 0 Å². The van der Waals surface area contributed by atoms with E-state index in [0.717, 1.165) is 51.9 Å². The maximum Gasteiger partial charge on any atom is 0.335 e. The lowest BCUT2D eigenvalue weighted by Crippen LogP contribution is -2.46. The van der Waals surface area contributed by atoms with Gasteiger partial charge in [0.1, 0.15) is 12.1 Å². The van der Waals surface area contributed by atoms with Crippen LogP contribution in [0.5, 0.6) is 0 Å². The summed E-state index contributed by atoms with van der Waals surface area (Å²) in [6, 6.07) is -0.471. The van der Waals surface area contributed by atoms with Gasteiger partial charge in [-0.15, -0.1) is 0 Å². The lowest BCUT2D eigenvalue weighted by Gasteiger charge is -2.28. The third-order valence-electron chi connectivity index (χ3n) is 6.73. The van der Waals surface area contributed by atoms with Crippen LogP contribution in [0.2, 0.25) is 0 Å². The van der Waals surface area contributed by atoms with Crippen LogP contribution in [0.3, 0.4) is 0 Å². The fraction of sp³-hybridized carbons (Fsp3) is 0.750. The summed E-state index contributed by atoms with van der Waals surface area (Å²) in [7, 11) is 0. The molecule has 4 rings (SSSR count). The lowest BCUT2D eigenvalue weighted by atomic mass is 10.1. The molecule has 4 aliphatic rings. The number of nitrogens with zero attached hydrogens (tertiary/aromatic N) is 2. The Balaban J connectivity index is 0.000000204. The topological polar surface area (TPSA) is 214 Å². The maximum absolute atomic E-state index is 11.9. The molecule has 0 bridgehead atoms. The Kier molecular flexibility index (Phi) is 12.4. The molecule has 0 spiro atoms. The van der Waals surface area contributed by atoms with Crippen molar-refractivity contribution >= 4 is 35.6 Å². The minimum atomic E-state index is -2.27. The number of carbonyl (C=O) groups excluding carboxylic acids is 4. The van der Waals surface area contributed by atoms with Crippen LogP contribution in [0, 0.1) is 0 Å². The molecule has 4 saturated heterocycles. The van der Waals surface area contributed by atoms with Crippen molar-refractivity contribution in [3.8, 4) is 0 Å². The lowest BCUT2D eigenvalue weighted by molar-refractivity contribution is -0.165. The summed E-state index contributed by atoms with van der Waals surface area (Å²) in [6.45, 7) is 3.47. The van der Waals surface area contributed by atoms with Gasteiger partial charge in [0.15, 0.2) is 12.2 Å². The van der Waals surface area contributed by atoms with E-state index in [0.29, 0.717) is 25.7 Å². The van der Waals surface area contributed by atoms with Gasteiger partial charge in [0.2, 0.25) is 23.6 Å². The smallest absolute Gasteiger partial charge is 0.335 e. The molecule has 0 aromatic rings. The van der Waals surface area contributed by atoms with Crippen molar-refractivity contribution in [1.29, 1.82) is 0 Å². The predicted molar refractivity (Wildman–Crippen MR) is 130 cm³/mol. The van der Waals surface area contributed by atoms with Gasteiger partial charge in [0, 0.05) is 39.0 Å². The van der Waals surface area contributed by atoms with Crippen molar-refractivity contribution < 1.29 is 49.2 Å². The first kappa shape index (κ1) is 31.0. The Hall–Kier alpha value is -3.26. The van der Waals surface area contributed by atoms with Crippen LogP contribution in [0.4, 0.5) is 0 Å². The molecule has 4 amide bonds. The molecule has 14 heteroatoms. The number of amides is 4. The molecule has 4 fully saturated rings. The fourth-order valence-corrected chi connectivity index (χ4v) is 4.54. The molecule has 0 aliphatic carbocycles. The van der Waals surface area contributed by atoms with E-state index >= 15 is 0 Å². The van der Waals surface area contributed by atoms with E-state index in [4.69, 9.17) is 20.4 Å². The third kappa shape index (κ3) is 9.56. The number of carbonyl (C=O) groups is 6. The number of likely N-dealkylation sites (tertiary alicyclic amines) is 2. The average Bonchev–Trinajstić information content (AvgIpc) is 3.56. The first-order valence-electron chi connectivity index (χ1n) is 13.0. The van der Waals surface area contributed by atoms with Crippen molar-refractivity contribution in [3.63, 3.8) is 0 Å². The van der Waals surface area contributed by atoms with E-state index in [1.807, 2.05) is 9.80 Å². The Labute approximate surface area is 220 Å². The van der Waals surface area contributed by atoms with Gasteiger partial charge in [-0.3, -0.25) is 19.2 Å². The zero-order valence-corrected chi connectivity index (χ0v) is 21.3. The highest BCUT2D eigenvalue weighted by atomic mass is 16.4. The van der Waals surface area contributed by atoms with Crippen LogP contribution in [0.1, 0.15) is 64.2 Å². The summed E-state index contributed by atoms with van der Waals surface area (Å²) in [6.07, 6.45) is 4.69. The first-order chi connectivity index (χ1) is 18.0. The van der Waals surface area contributed by atoms with Gasteiger partial charge in [-0.25, -0.2) is 9.59 Å². The number of piperidine rings is 2. The standard InChI is InChI=1S/2C10H16N2O2.C4H6O6/c2*13-9-5-4-8(11-9)10(14)12-6-2-1-3-7-12;5-1(3(7)8)2(6)4(9)10/h2*8H,1-7H2,(H,11,13);1-2,5-6H,(H,7,8)(H,9,10)/t2*8-;1-,2-/m110/s1. The number of hydrogen-bond donors (Lipinski definition) is 6. The number of aliphatic hydroxyl groups is 2. The molecule has 0 aromatic carbocycles. The average molecular weight is 543 g/mol.